The average Bonchev–Trinajstić information content (AvgIpc) is 2.42. The molecule has 0 amide bonds. The Balaban J connectivity index is 2.21. The summed E-state index contributed by atoms with van der Waals surface area (Å²) in [5, 5.41) is 9.87. The molecule has 4 atom stereocenters. The number of hydrogen-bond donors (Lipinski definition) is 2. The molecule has 4 unspecified atom stereocenters. The molecule has 2 fully saturated rings. The predicted octanol–water partition coefficient (Wildman–Crippen LogP) is 1.74. The van der Waals surface area contributed by atoms with Gasteiger partial charge >= 0.3 is 0 Å². The van der Waals surface area contributed by atoms with Crippen LogP contribution in [0.1, 0.15) is 53.4 Å². The molecule has 2 saturated heterocycles. The third kappa shape index (κ3) is 2.51. The molecule has 0 spiro atoms. The molecule has 2 aliphatic heterocycles. The first-order valence-electron chi connectivity index (χ1n) is 7.01. The topological polar surface area (TPSA) is 49.5 Å². The first kappa shape index (κ1) is 13.3. The van der Waals surface area contributed by atoms with Crippen LogP contribution in [0.3, 0.4) is 0 Å². The molecule has 3 heteroatoms. The van der Waals surface area contributed by atoms with Crippen molar-refractivity contribution in [1.29, 1.82) is 0 Å². The average molecular weight is 240 g/mol. The van der Waals surface area contributed by atoms with Gasteiger partial charge in [0, 0.05) is 24.2 Å². The van der Waals surface area contributed by atoms with Crippen molar-refractivity contribution in [1.82, 2.24) is 4.90 Å². The zero-order valence-corrected chi connectivity index (χ0v) is 11.7. The lowest BCUT2D eigenvalue weighted by Gasteiger charge is -2.49. The zero-order chi connectivity index (χ0) is 12.8. The summed E-state index contributed by atoms with van der Waals surface area (Å²) in [6, 6.07) is 1.72. The SMILES string of the molecule is CC(N)C(N1C2CCC1CC(O)C2)C(C)(C)C. The highest BCUT2D eigenvalue weighted by molar-refractivity contribution is 5.02. The first-order valence-corrected chi connectivity index (χ1v) is 7.01. The van der Waals surface area contributed by atoms with Crippen LogP contribution in [0.15, 0.2) is 0 Å². The van der Waals surface area contributed by atoms with Crippen LogP contribution in [-0.4, -0.2) is 40.3 Å². The summed E-state index contributed by atoms with van der Waals surface area (Å²) < 4.78 is 0. The molecule has 0 aliphatic carbocycles. The Hall–Kier alpha value is -0.120. The number of hydrogen-bond acceptors (Lipinski definition) is 3. The van der Waals surface area contributed by atoms with Crippen molar-refractivity contribution >= 4 is 0 Å². The smallest absolute Gasteiger partial charge is 0.0570 e. The van der Waals surface area contributed by atoms with Crippen molar-refractivity contribution in [2.24, 2.45) is 11.1 Å². The maximum Gasteiger partial charge on any atom is 0.0570 e. The molecule has 3 N–H and O–H groups in total. The molecule has 2 heterocycles. The van der Waals surface area contributed by atoms with Gasteiger partial charge in [0.1, 0.15) is 0 Å². The van der Waals surface area contributed by atoms with E-state index in [4.69, 9.17) is 5.73 Å². The van der Waals surface area contributed by atoms with E-state index in [-0.39, 0.29) is 17.6 Å². The van der Waals surface area contributed by atoms with E-state index in [1.54, 1.807) is 0 Å². The molecule has 17 heavy (non-hydrogen) atoms. The Kier molecular flexibility index (Phi) is 3.54. The third-order valence-corrected chi connectivity index (χ3v) is 4.47. The van der Waals surface area contributed by atoms with Gasteiger partial charge in [-0.3, -0.25) is 4.90 Å². The van der Waals surface area contributed by atoms with Gasteiger partial charge in [-0.25, -0.2) is 0 Å². The first-order chi connectivity index (χ1) is 7.80. The molecule has 0 radical (unpaired) electrons. The van der Waals surface area contributed by atoms with E-state index in [0.29, 0.717) is 18.1 Å². The fraction of sp³-hybridized carbons (Fsp3) is 1.00. The van der Waals surface area contributed by atoms with Gasteiger partial charge in [0.25, 0.3) is 0 Å². The Bertz CT molecular complexity index is 258. The van der Waals surface area contributed by atoms with Crippen molar-refractivity contribution in [2.75, 3.05) is 0 Å². The van der Waals surface area contributed by atoms with E-state index in [1.807, 2.05) is 0 Å². The number of rotatable bonds is 2. The second kappa shape index (κ2) is 4.52. The monoisotopic (exact) mass is 240 g/mol. The molecule has 0 saturated carbocycles. The van der Waals surface area contributed by atoms with Crippen LogP contribution in [0, 0.1) is 5.41 Å². The van der Waals surface area contributed by atoms with E-state index in [9.17, 15) is 5.11 Å². The Morgan fingerprint density at radius 1 is 1.18 bits per heavy atom. The predicted molar refractivity (Wildman–Crippen MR) is 70.8 cm³/mol. The molecule has 2 aliphatic rings. The molecule has 2 rings (SSSR count). The Labute approximate surface area is 105 Å². The van der Waals surface area contributed by atoms with Crippen LogP contribution in [0.25, 0.3) is 0 Å². The summed E-state index contributed by atoms with van der Waals surface area (Å²) in [7, 11) is 0. The second-order valence-corrected chi connectivity index (χ2v) is 7.13. The standard InChI is InChI=1S/C14H28N2O/c1-9(15)13(14(2,3)4)16-10-5-6-11(16)8-12(17)7-10/h9-13,17H,5-8,15H2,1-4H3. The van der Waals surface area contributed by atoms with Gasteiger partial charge in [-0.15, -0.1) is 0 Å². The quantitative estimate of drug-likeness (QED) is 0.773. The lowest BCUT2D eigenvalue weighted by atomic mass is 9.79. The van der Waals surface area contributed by atoms with E-state index in [2.05, 4.69) is 32.6 Å². The highest BCUT2D eigenvalue weighted by atomic mass is 16.3. The number of nitrogens with two attached hydrogens (primary N) is 1. The van der Waals surface area contributed by atoms with Gasteiger partial charge in [0.05, 0.1) is 6.10 Å². The molecule has 0 aromatic carbocycles. The summed E-state index contributed by atoms with van der Waals surface area (Å²) in [5.41, 5.74) is 6.44. The normalized spacial score (nSPS) is 38.1. The van der Waals surface area contributed by atoms with E-state index in [0.717, 1.165) is 12.8 Å². The minimum absolute atomic E-state index is 0.0857. The maximum absolute atomic E-state index is 9.87. The molecule has 2 bridgehead atoms. The van der Waals surface area contributed by atoms with E-state index < -0.39 is 0 Å². The van der Waals surface area contributed by atoms with Gasteiger partial charge in [-0.05, 0) is 38.0 Å². The van der Waals surface area contributed by atoms with E-state index >= 15 is 0 Å². The highest BCUT2D eigenvalue weighted by Gasteiger charge is 2.47. The van der Waals surface area contributed by atoms with Gasteiger partial charge < -0.3 is 10.8 Å². The van der Waals surface area contributed by atoms with Crippen LogP contribution in [-0.2, 0) is 0 Å². The van der Waals surface area contributed by atoms with Crippen LogP contribution in [0.2, 0.25) is 0 Å². The summed E-state index contributed by atoms with van der Waals surface area (Å²) in [6.07, 6.45) is 4.27. The van der Waals surface area contributed by atoms with E-state index in [1.165, 1.54) is 12.8 Å². The van der Waals surface area contributed by atoms with Gasteiger partial charge in [0.15, 0.2) is 0 Å². The lowest BCUT2D eigenvalue weighted by molar-refractivity contribution is -0.0278. The molecular weight excluding hydrogens is 212 g/mol. The number of fused-ring (bicyclic) bond motifs is 2. The fourth-order valence-electron chi connectivity index (χ4n) is 4.15. The van der Waals surface area contributed by atoms with Crippen molar-refractivity contribution < 1.29 is 5.11 Å². The minimum Gasteiger partial charge on any atom is -0.393 e. The van der Waals surface area contributed by atoms with Crippen molar-refractivity contribution in [3.63, 3.8) is 0 Å². The zero-order valence-electron chi connectivity index (χ0n) is 11.7. The van der Waals surface area contributed by atoms with Crippen molar-refractivity contribution in [2.45, 2.75) is 83.6 Å². The summed E-state index contributed by atoms with van der Waals surface area (Å²) in [6.45, 7) is 8.98. The van der Waals surface area contributed by atoms with Crippen molar-refractivity contribution in [3.05, 3.63) is 0 Å². The van der Waals surface area contributed by atoms with Gasteiger partial charge in [0.2, 0.25) is 0 Å². The third-order valence-electron chi connectivity index (χ3n) is 4.47. The summed E-state index contributed by atoms with van der Waals surface area (Å²) >= 11 is 0. The van der Waals surface area contributed by atoms with Gasteiger partial charge in [-0.1, -0.05) is 20.8 Å². The number of nitrogens with zero attached hydrogens (tertiary/aromatic N) is 1. The van der Waals surface area contributed by atoms with Crippen molar-refractivity contribution in [3.8, 4) is 0 Å². The molecule has 3 nitrogen and oxygen atoms in total. The number of piperidine rings is 1. The Morgan fingerprint density at radius 2 is 1.65 bits per heavy atom. The van der Waals surface area contributed by atoms with Crippen LogP contribution in [0.5, 0.6) is 0 Å². The molecule has 0 aromatic heterocycles. The second-order valence-electron chi connectivity index (χ2n) is 7.13. The molecule has 100 valence electrons. The number of aliphatic hydroxyl groups is 1. The van der Waals surface area contributed by atoms with Crippen LogP contribution >= 0.6 is 0 Å². The minimum atomic E-state index is -0.0857. The fourth-order valence-corrected chi connectivity index (χ4v) is 4.15. The number of aliphatic hydroxyl groups excluding tert-OH is 1. The Morgan fingerprint density at radius 3 is 2.00 bits per heavy atom. The van der Waals surface area contributed by atoms with Gasteiger partial charge in [-0.2, -0.15) is 0 Å². The maximum atomic E-state index is 9.87. The molecule has 0 aromatic rings. The van der Waals surface area contributed by atoms with Crippen LogP contribution < -0.4 is 5.73 Å². The summed E-state index contributed by atoms with van der Waals surface area (Å²) in [5.74, 6) is 0. The molecular formula is C14H28N2O. The highest BCUT2D eigenvalue weighted by Crippen LogP contribution is 2.41. The largest absolute Gasteiger partial charge is 0.393 e. The van der Waals surface area contributed by atoms with Crippen LogP contribution in [0.4, 0.5) is 0 Å². The summed E-state index contributed by atoms with van der Waals surface area (Å²) in [4.78, 5) is 2.64. The lowest BCUT2D eigenvalue weighted by Crippen LogP contribution is -2.60.